The maximum absolute atomic E-state index is 11.3. The highest BCUT2D eigenvalue weighted by molar-refractivity contribution is 5.95. The van der Waals surface area contributed by atoms with Crippen molar-refractivity contribution in [3.05, 3.63) is 48.3 Å². The van der Waals surface area contributed by atoms with Crippen LogP contribution < -0.4 is 4.74 Å². The van der Waals surface area contributed by atoms with E-state index in [4.69, 9.17) is 4.74 Å². The highest BCUT2D eigenvalue weighted by Gasteiger charge is 2.18. The predicted octanol–water partition coefficient (Wildman–Crippen LogP) is 2.41. The first-order valence-corrected chi connectivity index (χ1v) is 6.19. The number of aromatic nitrogens is 2. The molecule has 106 valence electrons. The Morgan fingerprint density at radius 1 is 1.24 bits per heavy atom. The van der Waals surface area contributed by atoms with Gasteiger partial charge in [0, 0.05) is 17.8 Å². The molecule has 2 heterocycles. The molecule has 0 bridgehead atoms. The molecule has 0 unspecified atom stereocenters. The molecular formula is C15H12N2O4. The fraction of sp³-hybridized carbons (Fsp3) is 0.0667. The van der Waals surface area contributed by atoms with Crippen LogP contribution in [0.15, 0.2) is 42.6 Å². The van der Waals surface area contributed by atoms with Crippen LogP contribution in [0, 0.1) is 0 Å². The number of carboxylic acid groups (broad SMARTS) is 1. The second-order valence-corrected chi connectivity index (χ2v) is 4.46. The Balaban J connectivity index is 2.24. The second kappa shape index (κ2) is 4.82. The van der Waals surface area contributed by atoms with Crippen LogP contribution in [0.1, 0.15) is 10.5 Å². The van der Waals surface area contributed by atoms with E-state index in [9.17, 15) is 15.0 Å². The summed E-state index contributed by atoms with van der Waals surface area (Å²) < 4.78 is 6.73. The van der Waals surface area contributed by atoms with Gasteiger partial charge in [-0.05, 0) is 30.3 Å². The van der Waals surface area contributed by atoms with Crippen LogP contribution in [0.4, 0.5) is 0 Å². The van der Waals surface area contributed by atoms with Crippen molar-refractivity contribution in [1.29, 1.82) is 0 Å². The Morgan fingerprint density at radius 3 is 2.57 bits per heavy atom. The van der Waals surface area contributed by atoms with Crippen molar-refractivity contribution in [2.45, 2.75) is 0 Å². The second-order valence-electron chi connectivity index (χ2n) is 4.46. The molecule has 0 aliphatic carbocycles. The van der Waals surface area contributed by atoms with Crippen LogP contribution in [0.25, 0.3) is 16.9 Å². The van der Waals surface area contributed by atoms with Crippen LogP contribution in [-0.4, -0.2) is 32.7 Å². The highest BCUT2D eigenvalue weighted by atomic mass is 16.5. The third kappa shape index (κ3) is 2.16. The van der Waals surface area contributed by atoms with Gasteiger partial charge in [0.2, 0.25) is 0 Å². The zero-order chi connectivity index (χ0) is 15.0. The first-order chi connectivity index (χ1) is 10.1. The molecule has 0 spiro atoms. The van der Waals surface area contributed by atoms with Crippen molar-refractivity contribution in [2.24, 2.45) is 0 Å². The van der Waals surface area contributed by atoms with Crippen LogP contribution >= 0.6 is 0 Å². The van der Waals surface area contributed by atoms with E-state index in [1.54, 1.807) is 42.0 Å². The summed E-state index contributed by atoms with van der Waals surface area (Å²) in [6.45, 7) is 0. The minimum absolute atomic E-state index is 0.00817. The van der Waals surface area contributed by atoms with Crippen molar-refractivity contribution in [2.75, 3.05) is 7.11 Å². The number of pyridine rings is 1. The zero-order valence-corrected chi connectivity index (χ0v) is 11.1. The number of carboxylic acids is 1. The van der Waals surface area contributed by atoms with E-state index in [2.05, 4.69) is 4.98 Å². The van der Waals surface area contributed by atoms with Crippen molar-refractivity contribution in [3.8, 4) is 22.9 Å². The minimum atomic E-state index is -1.14. The molecule has 0 atom stereocenters. The molecule has 0 saturated heterocycles. The van der Waals surface area contributed by atoms with Gasteiger partial charge >= 0.3 is 5.97 Å². The quantitative estimate of drug-likeness (QED) is 0.771. The van der Waals surface area contributed by atoms with Crippen LogP contribution in [0.5, 0.6) is 11.5 Å². The summed E-state index contributed by atoms with van der Waals surface area (Å²) in [5, 5.41) is 18.8. The fourth-order valence-electron chi connectivity index (χ4n) is 2.17. The van der Waals surface area contributed by atoms with Gasteiger partial charge in [0.05, 0.1) is 12.6 Å². The summed E-state index contributed by atoms with van der Waals surface area (Å²) in [6.07, 6.45) is 1.59. The maximum atomic E-state index is 11.3. The molecule has 1 aromatic carbocycles. The van der Waals surface area contributed by atoms with Crippen molar-refractivity contribution in [3.63, 3.8) is 0 Å². The van der Waals surface area contributed by atoms with Gasteiger partial charge in [-0.1, -0.05) is 0 Å². The normalized spacial score (nSPS) is 10.7. The van der Waals surface area contributed by atoms with Gasteiger partial charge in [-0.15, -0.1) is 0 Å². The molecule has 2 N–H and O–H groups in total. The van der Waals surface area contributed by atoms with E-state index in [0.717, 1.165) is 5.56 Å². The molecule has 0 aliphatic rings. The first-order valence-electron chi connectivity index (χ1n) is 6.19. The van der Waals surface area contributed by atoms with E-state index >= 15 is 0 Å². The van der Waals surface area contributed by atoms with E-state index in [-0.39, 0.29) is 11.4 Å². The van der Waals surface area contributed by atoms with Crippen LogP contribution in [0.3, 0.4) is 0 Å². The van der Waals surface area contributed by atoms with Gasteiger partial charge < -0.3 is 14.9 Å². The molecule has 3 aromatic rings. The Hall–Kier alpha value is -3.02. The van der Waals surface area contributed by atoms with Gasteiger partial charge in [0.1, 0.15) is 17.3 Å². The number of nitrogens with zero attached hydrogens (tertiary/aromatic N) is 2. The maximum Gasteiger partial charge on any atom is 0.356 e. The summed E-state index contributed by atoms with van der Waals surface area (Å²) in [5.41, 5.74) is 0.994. The van der Waals surface area contributed by atoms with Crippen molar-refractivity contribution >= 4 is 11.5 Å². The zero-order valence-electron chi connectivity index (χ0n) is 11.1. The Labute approximate surface area is 119 Å². The number of benzene rings is 1. The molecule has 2 aromatic heterocycles. The van der Waals surface area contributed by atoms with E-state index in [0.29, 0.717) is 17.1 Å². The van der Waals surface area contributed by atoms with Gasteiger partial charge in [0.15, 0.2) is 5.69 Å². The average Bonchev–Trinajstić information content (AvgIpc) is 2.86. The summed E-state index contributed by atoms with van der Waals surface area (Å²) in [5.74, 6) is 0.0461. The summed E-state index contributed by atoms with van der Waals surface area (Å²) in [6, 6.07) is 10.0. The molecular weight excluding hydrogens is 272 g/mol. The number of carbonyl (C=O) groups is 1. The minimum Gasteiger partial charge on any atom is -0.508 e. The van der Waals surface area contributed by atoms with Crippen LogP contribution in [0.2, 0.25) is 0 Å². The lowest BCUT2D eigenvalue weighted by Crippen LogP contribution is -1.97. The number of aromatic hydroxyl groups is 1. The molecule has 6 nitrogen and oxygen atoms in total. The molecule has 21 heavy (non-hydrogen) atoms. The fourth-order valence-corrected chi connectivity index (χ4v) is 2.17. The van der Waals surface area contributed by atoms with Crippen LogP contribution in [-0.2, 0) is 0 Å². The van der Waals surface area contributed by atoms with E-state index in [1.807, 2.05) is 0 Å². The molecule has 0 aliphatic heterocycles. The number of ether oxygens (including phenoxy) is 1. The lowest BCUT2D eigenvalue weighted by molar-refractivity contribution is 0.0693. The Bertz CT molecular complexity index is 822. The van der Waals surface area contributed by atoms with Gasteiger partial charge in [-0.2, -0.15) is 0 Å². The highest BCUT2D eigenvalue weighted by Crippen LogP contribution is 2.26. The predicted molar refractivity (Wildman–Crippen MR) is 75.8 cm³/mol. The largest absolute Gasteiger partial charge is 0.508 e. The lowest BCUT2D eigenvalue weighted by Gasteiger charge is -2.03. The summed E-state index contributed by atoms with van der Waals surface area (Å²) in [4.78, 5) is 15.5. The third-order valence-electron chi connectivity index (χ3n) is 3.18. The van der Waals surface area contributed by atoms with Crippen molar-refractivity contribution in [1.82, 2.24) is 9.38 Å². The monoisotopic (exact) mass is 284 g/mol. The van der Waals surface area contributed by atoms with Gasteiger partial charge in [0.25, 0.3) is 0 Å². The molecule has 6 heteroatoms. The van der Waals surface area contributed by atoms with Crippen molar-refractivity contribution < 1.29 is 19.7 Å². The summed E-state index contributed by atoms with van der Waals surface area (Å²) >= 11 is 0. The Kier molecular flexibility index (Phi) is 2.98. The smallest absolute Gasteiger partial charge is 0.356 e. The number of fused-ring (bicyclic) bond motifs is 1. The standard InChI is InChI=1S/C15H12N2O4/c1-21-11-4-2-9(3-5-11)14-16-13(15(19)20)12-8-10(18)6-7-17(12)14/h2-8,18H,1H3,(H,19,20). The number of methoxy groups -OCH3 is 1. The topological polar surface area (TPSA) is 84.1 Å². The van der Waals surface area contributed by atoms with E-state index < -0.39 is 5.97 Å². The number of imidazole rings is 1. The molecule has 0 radical (unpaired) electrons. The SMILES string of the molecule is COc1ccc(-c2nc(C(=O)O)c3cc(O)ccn23)cc1. The van der Waals surface area contributed by atoms with Gasteiger partial charge in [-0.25, -0.2) is 9.78 Å². The molecule has 0 saturated carbocycles. The molecule has 0 fully saturated rings. The Morgan fingerprint density at radius 2 is 1.95 bits per heavy atom. The molecule has 0 amide bonds. The first kappa shape index (κ1) is 13.0. The molecule has 3 rings (SSSR count). The lowest BCUT2D eigenvalue weighted by atomic mass is 10.2. The summed E-state index contributed by atoms with van der Waals surface area (Å²) in [7, 11) is 1.57. The third-order valence-corrected chi connectivity index (χ3v) is 3.18. The number of hydrogen-bond acceptors (Lipinski definition) is 4. The number of hydrogen-bond donors (Lipinski definition) is 2. The average molecular weight is 284 g/mol. The van der Waals surface area contributed by atoms with Gasteiger partial charge in [-0.3, -0.25) is 4.40 Å². The van der Waals surface area contributed by atoms with E-state index in [1.165, 1.54) is 12.1 Å². The number of aromatic carboxylic acids is 1. The number of rotatable bonds is 3.